The van der Waals surface area contributed by atoms with E-state index in [4.69, 9.17) is 0 Å². The van der Waals surface area contributed by atoms with Crippen molar-refractivity contribution >= 4 is 0 Å². The first-order valence-electron chi connectivity index (χ1n) is 5.04. The molecule has 4 N–H and O–H groups in total. The summed E-state index contributed by atoms with van der Waals surface area (Å²) in [5.41, 5.74) is 0. The maximum absolute atomic E-state index is 2.54. The fourth-order valence-corrected chi connectivity index (χ4v) is 1.87. The zero-order valence-electron chi connectivity index (χ0n) is 7.68. The minimum absolute atomic E-state index is 0.962. The highest BCUT2D eigenvalue weighted by Crippen LogP contribution is 2.14. The summed E-state index contributed by atoms with van der Waals surface area (Å²) in [4.78, 5) is 0. The third-order valence-electron chi connectivity index (χ3n) is 2.61. The van der Waals surface area contributed by atoms with Crippen LogP contribution in [-0.2, 0) is 0 Å². The second kappa shape index (κ2) is 5.56. The molecule has 0 aromatic rings. The first-order valence-corrected chi connectivity index (χ1v) is 5.04. The quantitative estimate of drug-likeness (QED) is 0.496. The van der Waals surface area contributed by atoms with Gasteiger partial charge in [-0.25, -0.2) is 0 Å². The van der Waals surface area contributed by atoms with Crippen molar-refractivity contribution in [3.63, 3.8) is 0 Å². The average Bonchev–Trinajstić information content (AvgIpc) is 2.07. The van der Waals surface area contributed by atoms with Crippen LogP contribution >= 0.6 is 0 Å². The lowest BCUT2D eigenvalue weighted by Crippen LogP contribution is -2.96. The fraction of sp³-hybridized carbons (Fsp3) is 1.00. The van der Waals surface area contributed by atoms with Crippen molar-refractivity contribution in [1.82, 2.24) is 0 Å². The molecule has 0 aliphatic heterocycles. The van der Waals surface area contributed by atoms with Crippen LogP contribution in [0, 0.1) is 0 Å². The highest BCUT2D eigenvalue weighted by atomic mass is 14.9. The van der Waals surface area contributed by atoms with E-state index in [-0.39, 0.29) is 0 Å². The van der Waals surface area contributed by atoms with Crippen LogP contribution in [0.25, 0.3) is 0 Å². The van der Waals surface area contributed by atoms with E-state index in [0.717, 1.165) is 6.04 Å². The number of hydrogen-bond acceptors (Lipinski definition) is 0. The van der Waals surface area contributed by atoms with E-state index < -0.39 is 0 Å². The van der Waals surface area contributed by atoms with Crippen molar-refractivity contribution in [2.45, 2.75) is 38.1 Å². The summed E-state index contributed by atoms with van der Waals surface area (Å²) in [5.74, 6) is 0. The molecule has 2 nitrogen and oxygen atoms in total. The molecular weight excluding hydrogens is 136 g/mol. The van der Waals surface area contributed by atoms with E-state index >= 15 is 0 Å². The van der Waals surface area contributed by atoms with E-state index in [2.05, 4.69) is 17.7 Å². The highest BCUT2D eigenvalue weighted by molar-refractivity contribution is 4.61. The Balaban J connectivity index is 1.96. The standard InChI is InChI=1S/C9H20N2/c1-10-7-8-11-9-5-3-2-4-6-9/h9-11H,2-8H2,1H3/p+2. The van der Waals surface area contributed by atoms with E-state index in [0.29, 0.717) is 0 Å². The largest absolute Gasteiger partial charge is 0.344 e. The molecule has 0 aromatic heterocycles. The van der Waals surface area contributed by atoms with Crippen molar-refractivity contribution in [3.8, 4) is 0 Å². The molecule has 1 aliphatic carbocycles. The zero-order chi connectivity index (χ0) is 7.94. The van der Waals surface area contributed by atoms with Crippen LogP contribution in [0.2, 0.25) is 0 Å². The molecule has 0 radical (unpaired) electrons. The minimum atomic E-state index is 0.962. The molecule has 2 heteroatoms. The predicted molar refractivity (Wildman–Crippen MR) is 46.4 cm³/mol. The molecule has 0 aromatic carbocycles. The van der Waals surface area contributed by atoms with Crippen LogP contribution in [0.15, 0.2) is 0 Å². The summed E-state index contributed by atoms with van der Waals surface area (Å²) >= 11 is 0. The zero-order valence-corrected chi connectivity index (χ0v) is 7.68. The molecule has 66 valence electrons. The Kier molecular flexibility index (Phi) is 4.55. The summed E-state index contributed by atoms with van der Waals surface area (Å²) in [6, 6.07) is 0.962. The van der Waals surface area contributed by atoms with Gasteiger partial charge in [-0.1, -0.05) is 6.42 Å². The van der Waals surface area contributed by atoms with Gasteiger partial charge in [0.2, 0.25) is 0 Å². The third kappa shape index (κ3) is 3.73. The third-order valence-corrected chi connectivity index (χ3v) is 2.61. The molecule has 0 saturated heterocycles. The molecular formula is C9H22N2+2. The van der Waals surface area contributed by atoms with Gasteiger partial charge in [0, 0.05) is 0 Å². The van der Waals surface area contributed by atoms with Crippen molar-refractivity contribution < 1.29 is 10.6 Å². The van der Waals surface area contributed by atoms with Crippen molar-refractivity contribution in [1.29, 1.82) is 0 Å². The van der Waals surface area contributed by atoms with E-state index in [1.54, 1.807) is 0 Å². The summed E-state index contributed by atoms with van der Waals surface area (Å²) < 4.78 is 0. The lowest BCUT2D eigenvalue weighted by atomic mass is 9.95. The van der Waals surface area contributed by atoms with Gasteiger partial charge in [0.1, 0.15) is 13.1 Å². The summed E-state index contributed by atoms with van der Waals surface area (Å²) in [6.45, 7) is 2.58. The summed E-state index contributed by atoms with van der Waals surface area (Å²) in [5, 5.41) is 4.80. The Morgan fingerprint density at radius 3 is 2.45 bits per heavy atom. The maximum Gasteiger partial charge on any atom is 0.125 e. The van der Waals surface area contributed by atoms with Crippen LogP contribution in [0.5, 0.6) is 0 Å². The molecule has 0 heterocycles. The van der Waals surface area contributed by atoms with Crippen LogP contribution in [-0.4, -0.2) is 26.2 Å². The number of hydrogen-bond donors (Lipinski definition) is 2. The molecule has 11 heavy (non-hydrogen) atoms. The first-order chi connectivity index (χ1) is 5.43. The van der Waals surface area contributed by atoms with Crippen molar-refractivity contribution in [2.24, 2.45) is 0 Å². The van der Waals surface area contributed by atoms with Gasteiger partial charge in [-0.15, -0.1) is 0 Å². The van der Waals surface area contributed by atoms with E-state index in [9.17, 15) is 0 Å². The highest BCUT2D eigenvalue weighted by Gasteiger charge is 2.14. The van der Waals surface area contributed by atoms with Crippen LogP contribution in [0.4, 0.5) is 0 Å². The molecule has 0 atom stereocenters. The molecule has 0 bridgehead atoms. The SMILES string of the molecule is C[NH2+]CC[NH2+]C1CCCCC1. The Labute approximate surface area is 69.8 Å². The smallest absolute Gasteiger partial charge is 0.125 e. The van der Waals surface area contributed by atoms with Gasteiger partial charge in [0.05, 0.1) is 13.1 Å². The summed E-state index contributed by atoms with van der Waals surface area (Å²) in [7, 11) is 2.15. The monoisotopic (exact) mass is 158 g/mol. The minimum Gasteiger partial charge on any atom is -0.344 e. The predicted octanol–water partition coefficient (Wildman–Crippen LogP) is -0.924. The molecule has 0 amide bonds. The number of quaternary nitrogens is 2. The van der Waals surface area contributed by atoms with Gasteiger partial charge in [-0.2, -0.15) is 0 Å². The molecule has 1 fully saturated rings. The second-order valence-corrected chi connectivity index (χ2v) is 3.62. The van der Waals surface area contributed by atoms with Crippen LogP contribution in [0.1, 0.15) is 32.1 Å². The molecule has 1 rings (SSSR count). The number of nitrogens with two attached hydrogens (primary N) is 2. The molecule has 0 unspecified atom stereocenters. The van der Waals surface area contributed by atoms with Gasteiger partial charge >= 0.3 is 0 Å². The van der Waals surface area contributed by atoms with Crippen LogP contribution < -0.4 is 10.6 Å². The summed E-state index contributed by atoms with van der Waals surface area (Å²) in [6.07, 6.45) is 7.34. The topological polar surface area (TPSA) is 33.2 Å². The maximum atomic E-state index is 2.54. The van der Waals surface area contributed by atoms with Gasteiger partial charge in [0.15, 0.2) is 0 Å². The van der Waals surface area contributed by atoms with E-state index in [1.165, 1.54) is 45.2 Å². The van der Waals surface area contributed by atoms with Gasteiger partial charge in [0.25, 0.3) is 0 Å². The lowest BCUT2D eigenvalue weighted by molar-refractivity contribution is -0.733. The average molecular weight is 158 g/mol. The Morgan fingerprint density at radius 2 is 1.82 bits per heavy atom. The van der Waals surface area contributed by atoms with Crippen molar-refractivity contribution in [2.75, 3.05) is 20.1 Å². The molecule has 1 aliphatic rings. The van der Waals surface area contributed by atoms with Crippen molar-refractivity contribution in [3.05, 3.63) is 0 Å². The molecule has 1 saturated carbocycles. The lowest BCUT2D eigenvalue weighted by Gasteiger charge is -2.19. The Morgan fingerprint density at radius 1 is 1.09 bits per heavy atom. The van der Waals surface area contributed by atoms with E-state index in [1.807, 2.05) is 0 Å². The normalized spacial score (nSPS) is 20.5. The fourth-order valence-electron chi connectivity index (χ4n) is 1.87. The van der Waals surface area contributed by atoms with Gasteiger partial charge < -0.3 is 10.6 Å². The second-order valence-electron chi connectivity index (χ2n) is 3.62. The van der Waals surface area contributed by atoms with Gasteiger partial charge in [-0.3, -0.25) is 0 Å². The number of rotatable bonds is 4. The Bertz CT molecular complexity index is 87.6. The molecule has 0 spiro atoms. The number of likely N-dealkylation sites (N-methyl/N-ethyl adjacent to an activating group) is 1. The van der Waals surface area contributed by atoms with Crippen LogP contribution in [0.3, 0.4) is 0 Å². The first kappa shape index (κ1) is 9.01. The Hall–Kier alpha value is -0.0800. The van der Waals surface area contributed by atoms with Gasteiger partial charge in [-0.05, 0) is 25.7 Å².